The molecule has 0 saturated heterocycles. The van der Waals surface area contributed by atoms with Crippen LogP contribution in [0.2, 0.25) is 0 Å². The Morgan fingerprint density at radius 1 is 1.23 bits per heavy atom. The number of benzene rings is 1. The lowest BCUT2D eigenvalue weighted by Crippen LogP contribution is -2.24. The van der Waals surface area contributed by atoms with Crippen molar-refractivity contribution < 1.29 is 4.74 Å². The normalized spacial score (nSPS) is 10.2. The van der Waals surface area contributed by atoms with E-state index in [9.17, 15) is 4.79 Å². The summed E-state index contributed by atoms with van der Waals surface area (Å²) in [4.78, 5) is 12.5. The lowest BCUT2D eigenvalue weighted by molar-refractivity contribution is 0.340. The molecule has 0 aliphatic heterocycles. The molecule has 1 heterocycles. The molecule has 1 aromatic heterocycles. The van der Waals surface area contributed by atoms with Crippen LogP contribution in [0.15, 0.2) is 41.2 Å². The Morgan fingerprint density at radius 2 is 2.05 bits per heavy atom. The number of hydrogen-bond acceptors (Lipinski definition) is 3. The fraction of sp³-hybridized carbons (Fsp3) is 0.333. The van der Waals surface area contributed by atoms with E-state index in [1.807, 2.05) is 50.2 Å². The molecule has 4 heteroatoms. The third-order valence-electron chi connectivity index (χ3n) is 3.41. The Balaban J connectivity index is 2.55. The van der Waals surface area contributed by atoms with E-state index >= 15 is 0 Å². The second kappa shape index (κ2) is 7.46. The van der Waals surface area contributed by atoms with Gasteiger partial charge in [0.2, 0.25) is 0 Å². The third kappa shape index (κ3) is 3.37. The van der Waals surface area contributed by atoms with Gasteiger partial charge in [-0.25, -0.2) is 0 Å². The van der Waals surface area contributed by atoms with Gasteiger partial charge in [0.25, 0.3) is 5.56 Å². The minimum absolute atomic E-state index is 0.0808. The van der Waals surface area contributed by atoms with Gasteiger partial charge in [-0.1, -0.05) is 25.1 Å². The second-order valence-electron chi connectivity index (χ2n) is 5.00. The molecule has 2 rings (SSSR count). The molecule has 0 aliphatic carbocycles. The SMILES string of the molecule is CCCn1c(-c2cccc(OCC)c2)ccc(CC#N)c1=O. The van der Waals surface area contributed by atoms with Gasteiger partial charge in [0, 0.05) is 17.7 Å². The van der Waals surface area contributed by atoms with Crippen LogP contribution in [0.3, 0.4) is 0 Å². The summed E-state index contributed by atoms with van der Waals surface area (Å²) in [5, 5.41) is 8.83. The second-order valence-corrected chi connectivity index (χ2v) is 5.00. The number of ether oxygens (including phenoxy) is 1. The van der Waals surface area contributed by atoms with E-state index in [1.165, 1.54) is 0 Å². The lowest BCUT2D eigenvalue weighted by atomic mass is 10.1. The minimum Gasteiger partial charge on any atom is -0.494 e. The van der Waals surface area contributed by atoms with Crippen LogP contribution >= 0.6 is 0 Å². The molecule has 0 fully saturated rings. The van der Waals surface area contributed by atoms with Crippen LogP contribution in [0.5, 0.6) is 5.75 Å². The molecule has 1 aromatic carbocycles. The summed E-state index contributed by atoms with van der Waals surface area (Å²) in [6.45, 7) is 5.21. The molecule has 0 bridgehead atoms. The maximum absolute atomic E-state index is 12.5. The van der Waals surface area contributed by atoms with Crippen LogP contribution in [-0.4, -0.2) is 11.2 Å². The van der Waals surface area contributed by atoms with Gasteiger partial charge >= 0.3 is 0 Å². The minimum atomic E-state index is -0.0808. The molecule has 0 unspecified atom stereocenters. The number of aromatic nitrogens is 1. The lowest BCUT2D eigenvalue weighted by Gasteiger charge is -2.14. The van der Waals surface area contributed by atoms with Gasteiger partial charge in [-0.15, -0.1) is 0 Å². The van der Waals surface area contributed by atoms with Crippen molar-refractivity contribution in [2.24, 2.45) is 0 Å². The molecule has 0 saturated carbocycles. The van der Waals surface area contributed by atoms with Crippen molar-refractivity contribution in [1.29, 1.82) is 5.26 Å². The first kappa shape index (κ1) is 15.8. The highest BCUT2D eigenvalue weighted by molar-refractivity contribution is 5.62. The van der Waals surface area contributed by atoms with Gasteiger partial charge in [-0.3, -0.25) is 4.79 Å². The zero-order chi connectivity index (χ0) is 15.9. The van der Waals surface area contributed by atoms with E-state index in [1.54, 1.807) is 10.6 Å². The summed E-state index contributed by atoms with van der Waals surface area (Å²) in [5.74, 6) is 0.789. The molecule has 0 spiro atoms. The number of hydrogen-bond donors (Lipinski definition) is 0. The van der Waals surface area contributed by atoms with E-state index in [0.29, 0.717) is 18.7 Å². The van der Waals surface area contributed by atoms with Crippen molar-refractivity contribution in [3.8, 4) is 23.1 Å². The van der Waals surface area contributed by atoms with Gasteiger partial charge < -0.3 is 9.30 Å². The molecule has 0 amide bonds. The number of nitrogens with zero attached hydrogens (tertiary/aromatic N) is 2. The smallest absolute Gasteiger partial charge is 0.255 e. The van der Waals surface area contributed by atoms with E-state index in [-0.39, 0.29) is 12.0 Å². The van der Waals surface area contributed by atoms with Gasteiger partial charge in [-0.2, -0.15) is 5.26 Å². The van der Waals surface area contributed by atoms with Crippen LogP contribution in [0.1, 0.15) is 25.8 Å². The Labute approximate surface area is 130 Å². The van der Waals surface area contributed by atoms with Crippen molar-refractivity contribution in [2.75, 3.05) is 6.61 Å². The average molecular weight is 296 g/mol. The summed E-state index contributed by atoms with van der Waals surface area (Å²) >= 11 is 0. The van der Waals surface area contributed by atoms with Crippen LogP contribution in [0.25, 0.3) is 11.3 Å². The molecular formula is C18H20N2O2. The van der Waals surface area contributed by atoms with E-state index < -0.39 is 0 Å². The monoisotopic (exact) mass is 296 g/mol. The van der Waals surface area contributed by atoms with Gasteiger partial charge in [0.1, 0.15) is 5.75 Å². The number of rotatable bonds is 6. The Morgan fingerprint density at radius 3 is 2.73 bits per heavy atom. The Bertz CT molecular complexity index is 741. The summed E-state index contributed by atoms with van der Waals surface area (Å²) in [6.07, 6.45) is 0.996. The van der Waals surface area contributed by atoms with Crippen molar-refractivity contribution in [3.63, 3.8) is 0 Å². The summed E-state index contributed by atoms with van der Waals surface area (Å²) in [6, 6.07) is 13.4. The zero-order valence-electron chi connectivity index (χ0n) is 13.0. The summed E-state index contributed by atoms with van der Waals surface area (Å²) in [7, 11) is 0. The molecule has 114 valence electrons. The summed E-state index contributed by atoms with van der Waals surface area (Å²) in [5.41, 5.74) is 2.26. The average Bonchev–Trinajstić information content (AvgIpc) is 2.52. The van der Waals surface area contributed by atoms with Crippen LogP contribution in [0, 0.1) is 11.3 Å². The first-order valence-corrected chi connectivity index (χ1v) is 7.54. The van der Waals surface area contributed by atoms with Crippen LogP contribution < -0.4 is 10.3 Å². The highest BCUT2D eigenvalue weighted by atomic mass is 16.5. The van der Waals surface area contributed by atoms with Gasteiger partial charge in [0.15, 0.2) is 0 Å². The van der Waals surface area contributed by atoms with E-state index in [2.05, 4.69) is 0 Å². The van der Waals surface area contributed by atoms with Gasteiger partial charge in [-0.05, 0) is 31.5 Å². The predicted octanol–water partition coefficient (Wildman–Crippen LogP) is 3.39. The standard InChI is InChI=1S/C18H20N2O2/c1-3-12-20-17(9-8-14(10-11-19)18(20)21)15-6-5-7-16(13-15)22-4-2/h5-9,13H,3-4,10,12H2,1-2H3. The molecule has 0 radical (unpaired) electrons. The fourth-order valence-corrected chi connectivity index (χ4v) is 2.45. The summed E-state index contributed by atoms with van der Waals surface area (Å²) < 4.78 is 7.28. The largest absolute Gasteiger partial charge is 0.494 e. The topological polar surface area (TPSA) is 55.0 Å². The molecule has 2 aromatic rings. The predicted molar refractivity (Wildman–Crippen MR) is 86.9 cm³/mol. The maximum atomic E-state index is 12.5. The first-order chi connectivity index (χ1) is 10.7. The van der Waals surface area contributed by atoms with Crippen LogP contribution in [0.4, 0.5) is 0 Å². The van der Waals surface area contributed by atoms with E-state index in [4.69, 9.17) is 10.00 Å². The van der Waals surface area contributed by atoms with Crippen molar-refractivity contribution >= 4 is 0 Å². The Kier molecular flexibility index (Phi) is 5.37. The highest BCUT2D eigenvalue weighted by Crippen LogP contribution is 2.23. The van der Waals surface area contributed by atoms with Crippen LogP contribution in [-0.2, 0) is 13.0 Å². The number of nitriles is 1. The third-order valence-corrected chi connectivity index (χ3v) is 3.41. The molecule has 0 atom stereocenters. The maximum Gasteiger partial charge on any atom is 0.255 e. The molecule has 22 heavy (non-hydrogen) atoms. The van der Waals surface area contributed by atoms with E-state index in [0.717, 1.165) is 23.4 Å². The number of pyridine rings is 1. The highest BCUT2D eigenvalue weighted by Gasteiger charge is 2.10. The molecular weight excluding hydrogens is 276 g/mol. The molecule has 0 N–H and O–H groups in total. The quantitative estimate of drug-likeness (QED) is 0.821. The van der Waals surface area contributed by atoms with Crippen molar-refractivity contribution in [1.82, 2.24) is 4.57 Å². The Hall–Kier alpha value is -2.54. The van der Waals surface area contributed by atoms with Crippen molar-refractivity contribution in [2.45, 2.75) is 33.2 Å². The van der Waals surface area contributed by atoms with Gasteiger partial charge in [0.05, 0.1) is 24.8 Å². The molecule has 4 nitrogen and oxygen atoms in total. The zero-order valence-corrected chi connectivity index (χ0v) is 13.0. The first-order valence-electron chi connectivity index (χ1n) is 7.54. The van der Waals surface area contributed by atoms with Crippen molar-refractivity contribution in [3.05, 3.63) is 52.3 Å². The fourth-order valence-electron chi connectivity index (χ4n) is 2.45. The molecule has 0 aliphatic rings.